The Bertz CT molecular complexity index is 548. The second-order valence-corrected chi connectivity index (χ2v) is 4.60. The third-order valence-corrected chi connectivity index (χ3v) is 3.40. The van der Waals surface area contributed by atoms with Crippen LogP contribution in [0.1, 0.15) is 40.0 Å². The van der Waals surface area contributed by atoms with Crippen LogP contribution < -0.4 is 5.32 Å². The van der Waals surface area contributed by atoms with Crippen molar-refractivity contribution in [2.75, 3.05) is 0 Å². The topological polar surface area (TPSA) is 90.2 Å². The molecule has 0 spiro atoms. The molecule has 1 aliphatic rings. The monoisotopic (exact) mass is 258 g/mol. The van der Waals surface area contributed by atoms with Crippen molar-refractivity contribution in [3.8, 4) is 6.07 Å². The average molecular weight is 258 g/mol. The number of carboxylic acids is 1. The summed E-state index contributed by atoms with van der Waals surface area (Å²) in [5.74, 6) is -1.74. The summed E-state index contributed by atoms with van der Waals surface area (Å²) in [6, 6.07) is 8.07. The lowest BCUT2D eigenvalue weighted by Crippen LogP contribution is -2.37. The molecule has 1 aliphatic carbocycles. The Balaban J connectivity index is 2.17. The van der Waals surface area contributed by atoms with E-state index in [0.717, 1.165) is 19.3 Å². The number of carbonyl (C=O) groups excluding carboxylic acids is 1. The van der Waals surface area contributed by atoms with E-state index in [2.05, 4.69) is 11.4 Å². The molecule has 5 heteroatoms. The van der Waals surface area contributed by atoms with Crippen LogP contribution in [0.5, 0.6) is 0 Å². The fraction of sp³-hybridized carbons (Fsp3) is 0.357. The van der Waals surface area contributed by atoms with E-state index in [9.17, 15) is 9.59 Å². The van der Waals surface area contributed by atoms with Crippen molar-refractivity contribution in [1.82, 2.24) is 5.32 Å². The first-order valence-corrected chi connectivity index (χ1v) is 6.16. The Labute approximate surface area is 110 Å². The number of rotatable bonds is 3. The minimum absolute atomic E-state index is 0.0218. The van der Waals surface area contributed by atoms with Gasteiger partial charge in [-0.2, -0.15) is 5.26 Å². The zero-order chi connectivity index (χ0) is 13.8. The van der Waals surface area contributed by atoms with Gasteiger partial charge in [0.1, 0.15) is 0 Å². The average Bonchev–Trinajstić information content (AvgIpc) is 2.85. The fourth-order valence-corrected chi connectivity index (χ4v) is 2.40. The highest BCUT2D eigenvalue weighted by molar-refractivity contribution is 6.04. The van der Waals surface area contributed by atoms with Crippen molar-refractivity contribution in [3.05, 3.63) is 35.4 Å². The summed E-state index contributed by atoms with van der Waals surface area (Å²) in [5, 5.41) is 20.8. The first-order chi connectivity index (χ1) is 9.13. The number of hydrogen-bond acceptors (Lipinski definition) is 3. The first kappa shape index (κ1) is 13.1. The van der Waals surface area contributed by atoms with Gasteiger partial charge in [-0.05, 0) is 31.4 Å². The predicted molar refractivity (Wildman–Crippen MR) is 67.6 cm³/mol. The Morgan fingerprint density at radius 3 is 2.58 bits per heavy atom. The normalized spacial score (nSPS) is 21.6. The van der Waals surface area contributed by atoms with E-state index in [0.29, 0.717) is 0 Å². The number of nitriles is 1. The Morgan fingerprint density at radius 1 is 1.26 bits per heavy atom. The minimum Gasteiger partial charge on any atom is -0.478 e. The molecule has 1 amide bonds. The maximum Gasteiger partial charge on any atom is 0.336 e. The van der Waals surface area contributed by atoms with Crippen LogP contribution in [-0.4, -0.2) is 23.0 Å². The molecule has 98 valence electrons. The quantitative estimate of drug-likeness (QED) is 0.865. The number of carboxylic acid groups (broad SMARTS) is 1. The Morgan fingerprint density at radius 2 is 1.95 bits per heavy atom. The van der Waals surface area contributed by atoms with Crippen molar-refractivity contribution in [1.29, 1.82) is 5.26 Å². The lowest BCUT2D eigenvalue weighted by atomic mass is 10.0. The molecule has 5 nitrogen and oxygen atoms in total. The molecule has 0 heterocycles. The molecule has 1 fully saturated rings. The summed E-state index contributed by atoms with van der Waals surface area (Å²) in [6.45, 7) is 0. The number of carbonyl (C=O) groups is 2. The molecule has 1 saturated carbocycles. The van der Waals surface area contributed by atoms with Crippen molar-refractivity contribution in [3.63, 3.8) is 0 Å². The largest absolute Gasteiger partial charge is 0.478 e. The molecule has 1 aromatic rings. The second kappa shape index (κ2) is 5.53. The van der Waals surface area contributed by atoms with Gasteiger partial charge in [0.15, 0.2) is 0 Å². The minimum atomic E-state index is -1.13. The molecule has 0 radical (unpaired) electrons. The van der Waals surface area contributed by atoms with Gasteiger partial charge in [0.25, 0.3) is 5.91 Å². The second-order valence-electron chi connectivity index (χ2n) is 4.60. The van der Waals surface area contributed by atoms with Crippen molar-refractivity contribution >= 4 is 11.9 Å². The van der Waals surface area contributed by atoms with E-state index in [1.54, 1.807) is 12.1 Å². The first-order valence-electron chi connectivity index (χ1n) is 6.16. The molecule has 0 aliphatic heterocycles. The Hall–Kier alpha value is -2.35. The lowest BCUT2D eigenvalue weighted by Gasteiger charge is -2.16. The summed E-state index contributed by atoms with van der Waals surface area (Å²) in [4.78, 5) is 23.2. The summed E-state index contributed by atoms with van der Waals surface area (Å²) in [6.07, 6.45) is 2.45. The van der Waals surface area contributed by atoms with Crippen molar-refractivity contribution in [2.24, 2.45) is 5.92 Å². The van der Waals surface area contributed by atoms with Crippen LogP contribution in [0.4, 0.5) is 0 Å². The summed E-state index contributed by atoms with van der Waals surface area (Å²) < 4.78 is 0. The highest BCUT2D eigenvalue weighted by Crippen LogP contribution is 2.25. The zero-order valence-corrected chi connectivity index (χ0v) is 10.3. The van der Waals surface area contributed by atoms with E-state index in [4.69, 9.17) is 10.4 Å². The number of hydrogen-bond donors (Lipinski definition) is 2. The van der Waals surface area contributed by atoms with Crippen LogP contribution >= 0.6 is 0 Å². The van der Waals surface area contributed by atoms with E-state index in [1.807, 2.05) is 0 Å². The van der Waals surface area contributed by atoms with Gasteiger partial charge in [-0.3, -0.25) is 4.79 Å². The molecule has 19 heavy (non-hydrogen) atoms. The van der Waals surface area contributed by atoms with Gasteiger partial charge in [-0.15, -0.1) is 0 Å². The van der Waals surface area contributed by atoms with E-state index < -0.39 is 11.9 Å². The summed E-state index contributed by atoms with van der Waals surface area (Å²) in [7, 11) is 0. The van der Waals surface area contributed by atoms with Gasteiger partial charge in [-0.25, -0.2) is 4.79 Å². The number of amides is 1. The lowest BCUT2D eigenvalue weighted by molar-refractivity contribution is 0.0690. The van der Waals surface area contributed by atoms with Gasteiger partial charge in [0, 0.05) is 6.04 Å². The third kappa shape index (κ3) is 2.74. The SMILES string of the molecule is N#CC1CCCC1NC(=O)c1ccccc1C(=O)O. The number of nitrogens with one attached hydrogen (secondary N) is 1. The fourth-order valence-electron chi connectivity index (χ4n) is 2.40. The molecule has 0 aromatic heterocycles. The summed E-state index contributed by atoms with van der Waals surface area (Å²) in [5.41, 5.74) is 0.116. The molecule has 0 saturated heterocycles. The molecular formula is C14H14N2O3. The predicted octanol–water partition coefficient (Wildman–Crippen LogP) is 1.81. The number of aromatic carboxylic acids is 1. The van der Waals surface area contributed by atoms with Gasteiger partial charge in [0.2, 0.25) is 0 Å². The van der Waals surface area contributed by atoms with Crippen LogP contribution in [0.3, 0.4) is 0 Å². The van der Waals surface area contributed by atoms with E-state index in [1.165, 1.54) is 12.1 Å². The smallest absolute Gasteiger partial charge is 0.336 e. The zero-order valence-electron chi connectivity index (χ0n) is 10.3. The highest BCUT2D eigenvalue weighted by atomic mass is 16.4. The van der Waals surface area contributed by atoms with Gasteiger partial charge >= 0.3 is 5.97 Å². The molecule has 2 atom stereocenters. The van der Waals surface area contributed by atoms with E-state index in [-0.39, 0.29) is 23.1 Å². The van der Waals surface area contributed by atoms with Crippen molar-refractivity contribution < 1.29 is 14.7 Å². The molecular weight excluding hydrogens is 244 g/mol. The molecule has 2 rings (SSSR count). The highest BCUT2D eigenvalue weighted by Gasteiger charge is 2.29. The van der Waals surface area contributed by atoms with Crippen LogP contribution in [0.2, 0.25) is 0 Å². The molecule has 1 aromatic carbocycles. The van der Waals surface area contributed by atoms with Crippen molar-refractivity contribution in [2.45, 2.75) is 25.3 Å². The maximum atomic E-state index is 12.1. The van der Waals surface area contributed by atoms with Gasteiger partial charge in [-0.1, -0.05) is 12.1 Å². The standard InChI is InChI=1S/C14H14N2O3/c15-8-9-4-3-7-12(9)16-13(17)10-5-1-2-6-11(10)14(18)19/h1-2,5-6,9,12H,3-4,7H2,(H,16,17)(H,18,19). The van der Waals surface area contributed by atoms with Crippen LogP contribution in [-0.2, 0) is 0 Å². The van der Waals surface area contributed by atoms with Crippen LogP contribution in [0.15, 0.2) is 24.3 Å². The molecule has 2 N–H and O–H groups in total. The van der Waals surface area contributed by atoms with Gasteiger partial charge in [0.05, 0.1) is 23.1 Å². The molecule has 0 bridgehead atoms. The van der Waals surface area contributed by atoms with E-state index >= 15 is 0 Å². The van der Waals surface area contributed by atoms with Crippen LogP contribution in [0.25, 0.3) is 0 Å². The molecule has 2 unspecified atom stereocenters. The summed E-state index contributed by atoms with van der Waals surface area (Å²) >= 11 is 0. The number of benzene rings is 1. The third-order valence-electron chi connectivity index (χ3n) is 3.40. The maximum absolute atomic E-state index is 12.1. The van der Waals surface area contributed by atoms with Crippen LogP contribution in [0, 0.1) is 17.2 Å². The Kier molecular flexibility index (Phi) is 3.81. The number of nitrogens with zero attached hydrogens (tertiary/aromatic N) is 1. The van der Waals surface area contributed by atoms with Gasteiger partial charge < -0.3 is 10.4 Å².